The topological polar surface area (TPSA) is 56.7 Å². The van der Waals surface area contributed by atoms with Crippen LogP contribution in [0.4, 0.5) is 5.82 Å². The number of carbonyl (C=O) groups is 1. The fourth-order valence-electron chi connectivity index (χ4n) is 5.46. The van der Waals surface area contributed by atoms with Crippen LogP contribution >= 0.6 is 0 Å². The number of aromatic nitrogens is 1. The summed E-state index contributed by atoms with van der Waals surface area (Å²) in [5.74, 6) is 1.27. The van der Waals surface area contributed by atoms with Crippen molar-refractivity contribution < 1.29 is 9.90 Å². The van der Waals surface area contributed by atoms with Gasteiger partial charge in [0.15, 0.2) is 5.69 Å². The molecule has 136 valence electrons. The van der Waals surface area contributed by atoms with Crippen LogP contribution in [0.15, 0.2) is 18.2 Å². The highest BCUT2D eigenvalue weighted by Crippen LogP contribution is 2.41. The summed E-state index contributed by atoms with van der Waals surface area (Å²) in [6.45, 7) is 5.54. The van der Waals surface area contributed by atoms with Crippen molar-refractivity contribution in [1.82, 2.24) is 9.88 Å². The minimum atomic E-state index is -0.945. The van der Waals surface area contributed by atoms with Crippen molar-refractivity contribution in [3.63, 3.8) is 0 Å². The van der Waals surface area contributed by atoms with E-state index in [1.807, 2.05) is 12.1 Å². The van der Waals surface area contributed by atoms with Crippen LogP contribution in [0.2, 0.25) is 0 Å². The molecule has 5 heteroatoms. The van der Waals surface area contributed by atoms with Gasteiger partial charge in [-0.3, -0.25) is 4.90 Å². The molecule has 1 aromatic heterocycles. The number of hydrogen-bond donors (Lipinski definition) is 1. The van der Waals surface area contributed by atoms with Gasteiger partial charge in [-0.2, -0.15) is 0 Å². The van der Waals surface area contributed by atoms with E-state index in [4.69, 9.17) is 0 Å². The van der Waals surface area contributed by atoms with Crippen LogP contribution in [0, 0.1) is 11.8 Å². The number of rotatable bonds is 4. The molecule has 5 nitrogen and oxygen atoms in total. The lowest BCUT2D eigenvalue weighted by Gasteiger charge is -2.55. The third kappa shape index (κ3) is 3.26. The van der Waals surface area contributed by atoms with Crippen molar-refractivity contribution >= 4 is 11.8 Å². The Bertz CT molecular complexity index is 633. The van der Waals surface area contributed by atoms with Gasteiger partial charge in [0.2, 0.25) is 0 Å². The zero-order chi connectivity index (χ0) is 17.4. The lowest BCUT2D eigenvalue weighted by molar-refractivity contribution is -0.0216. The van der Waals surface area contributed by atoms with Crippen molar-refractivity contribution in [3.05, 3.63) is 23.9 Å². The molecule has 3 saturated heterocycles. The largest absolute Gasteiger partial charge is 0.477 e. The Morgan fingerprint density at radius 3 is 2.96 bits per heavy atom. The van der Waals surface area contributed by atoms with Gasteiger partial charge in [-0.15, -0.1) is 0 Å². The minimum Gasteiger partial charge on any atom is -0.477 e. The number of anilines is 1. The van der Waals surface area contributed by atoms with E-state index in [1.54, 1.807) is 6.07 Å². The highest BCUT2D eigenvalue weighted by molar-refractivity contribution is 5.85. The van der Waals surface area contributed by atoms with E-state index in [0.717, 1.165) is 24.9 Å². The van der Waals surface area contributed by atoms with E-state index >= 15 is 0 Å². The minimum absolute atomic E-state index is 0.149. The number of piperidine rings is 3. The Hall–Kier alpha value is -1.62. The van der Waals surface area contributed by atoms with Gasteiger partial charge in [-0.1, -0.05) is 25.8 Å². The van der Waals surface area contributed by atoms with Crippen LogP contribution in [-0.2, 0) is 0 Å². The summed E-state index contributed by atoms with van der Waals surface area (Å²) in [6, 6.07) is 6.86. The summed E-state index contributed by atoms with van der Waals surface area (Å²) in [6.07, 6.45) is 8.00. The smallest absolute Gasteiger partial charge is 0.354 e. The number of hydrogen-bond acceptors (Lipinski definition) is 4. The maximum atomic E-state index is 11.2. The quantitative estimate of drug-likeness (QED) is 0.909. The van der Waals surface area contributed by atoms with Gasteiger partial charge in [0, 0.05) is 31.7 Å². The highest BCUT2D eigenvalue weighted by atomic mass is 16.4. The number of nitrogens with zero attached hydrogens (tertiary/aromatic N) is 3. The van der Waals surface area contributed by atoms with Crippen LogP contribution in [0.3, 0.4) is 0 Å². The molecule has 0 aliphatic carbocycles. The number of aromatic carboxylic acids is 1. The first-order valence-corrected chi connectivity index (χ1v) is 9.86. The molecule has 0 spiro atoms. The van der Waals surface area contributed by atoms with Gasteiger partial charge < -0.3 is 10.0 Å². The molecule has 4 heterocycles. The molecule has 25 heavy (non-hydrogen) atoms. The summed E-state index contributed by atoms with van der Waals surface area (Å²) in [7, 11) is 0. The van der Waals surface area contributed by atoms with Crippen molar-refractivity contribution in [2.45, 2.75) is 57.5 Å². The van der Waals surface area contributed by atoms with E-state index in [0.29, 0.717) is 17.9 Å². The normalized spacial score (nSPS) is 32.3. The first-order valence-electron chi connectivity index (χ1n) is 9.86. The number of pyridine rings is 1. The molecule has 0 amide bonds. The molecule has 2 bridgehead atoms. The molecule has 0 saturated carbocycles. The van der Waals surface area contributed by atoms with Crippen LogP contribution in [0.25, 0.3) is 0 Å². The van der Waals surface area contributed by atoms with Crippen LogP contribution in [-0.4, -0.2) is 52.7 Å². The lowest BCUT2D eigenvalue weighted by Crippen LogP contribution is -2.61. The first kappa shape index (κ1) is 16.8. The molecule has 4 rings (SSSR count). The Kier molecular flexibility index (Phi) is 4.67. The molecule has 4 atom stereocenters. The van der Waals surface area contributed by atoms with Gasteiger partial charge >= 0.3 is 5.97 Å². The van der Waals surface area contributed by atoms with E-state index in [9.17, 15) is 9.90 Å². The lowest BCUT2D eigenvalue weighted by atomic mass is 9.74. The number of carboxylic acids is 1. The average molecular weight is 343 g/mol. The molecule has 0 radical (unpaired) electrons. The molecule has 3 fully saturated rings. The van der Waals surface area contributed by atoms with Crippen molar-refractivity contribution in [2.24, 2.45) is 11.8 Å². The second kappa shape index (κ2) is 6.94. The first-order chi connectivity index (χ1) is 12.2. The molecule has 3 aliphatic rings. The Balaban J connectivity index is 1.52. The van der Waals surface area contributed by atoms with E-state index in [1.165, 1.54) is 45.1 Å². The fraction of sp³-hybridized carbons (Fsp3) is 0.700. The predicted molar refractivity (Wildman–Crippen MR) is 98.0 cm³/mol. The average Bonchev–Trinajstić information content (AvgIpc) is 2.62. The predicted octanol–water partition coefficient (Wildman–Crippen LogP) is 3.26. The van der Waals surface area contributed by atoms with Crippen LogP contribution < -0.4 is 4.90 Å². The Morgan fingerprint density at radius 2 is 2.16 bits per heavy atom. The van der Waals surface area contributed by atoms with E-state index in [2.05, 4.69) is 21.7 Å². The van der Waals surface area contributed by atoms with Crippen LogP contribution in [0.1, 0.15) is 55.9 Å². The summed E-state index contributed by atoms with van der Waals surface area (Å²) in [4.78, 5) is 20.8. The Morgan fingerprint density at radius 1 is 1.28 bits per heavy atom. The zero-order valence-corrected chi connectivity index (χ0v) is 15.1. The maximum Gasteiger partial charge on any atom is 0.354 e. The van der Waals surface area contributed by atoms with Crippen molar-refractivity contribution in [2.75, 3.05) is 24.5 Å². The number of carboxylic acid groups (broad SMARTS) is 1. The number of fused-ring (bicyclic) bond motifs is 4. The second-order valence-electron chi connectivity index (χ2n) is 8.09. The SMILES string of the molecule is CCC[C@H]1CCC[C@H]2[C@@H]3C[C@@H](CN(c4cccc(C(=O)O)n4)C3)CN12. The standard InChI is InChI=1S/C20H29N3O2/c1-2-5-16-6-3-8-18-15-10-14(12-23(16)18)11-22(13-15)19-9-4-7-17(21-19)20(24)25/h4,7,9,14-16,18H,2-3,5-6,8,10-13H2,1H3,(H,24,25)/t14-,15+,16-,18-/m0/s1. The van der Waals surface area contributed by atoms with Crippen molar-refractivity contribution in [1.29, 1.82) is 0 Å². The van der Waals surface area contributed by atoms with Crippen molar-refractivity contribution in [3.8, 4) is 0 Å². The molecular formula is C20H29N3O2. The molecule has 3 aliphatic heterocycles. The molecule has 0 aromatic carbocycles. The van der Waals surface area contributed by atoms with Gasteiger partial charge in [0.05, 0.1) is 0 Å². The highest BCUT2D eigenvalue weighted by Gasteiger charge is 2.44. The summed E-state index contributed by atoms with van der Waals surface area (Å²) < 4.78 is 0. The molecule has 1 N–H and O–H groups in total. The summed E-state index contributed by atoms with van der Waals surface area (Å²) in [5, 5.41) is 9.22. The third-order valence-electron chi connectivity index (χ3n) is 6.41. The Labute approximate surface area is 150 Å². The summed E-state index contributed by atoms with van der Waals surface area (Å²) in [5.41, 5.74) is 0.149. The maximum absolute atomic E-state index is 11.2. The molecular weight excluding hydrogens is 314 g/mol. The monoisotopic (exact) mass is 343 g/mol. The van der Waals surface area contributed by atoms with Gasteiger partial charge in [-0.25, -0.2) is 9.78 Å². The second-order valence-corrected chi connectivity index (χ2v) is 8.09. The van der Waals surface area contributed by atoms with Gasteiger partial charge in [-0.05, 0) is 49.7 Å². The molecule has 0 unspecified atom stereocenters. The molecule has 1 aromatic rings. The van der Waals surface area contributed by atoms with Gasteiger partial charge in [0.25, 0.3) is 0 Å². The summed E-state index contributed by atoms with van der Waals surface area (Å²) >= 11 is 0. The third-order valence-corrected chi connectivity index (χ3v) is 6.41. The van der Waals surface area contributed by atoms with E-state index < -0.39 is 5.97 Å². The fourth-order valence-corrected chi connectivity index (χ4v) is 5.46. The zero-order valence-electron chi connectivity index (χ0n) is 15.1. The van der Waals surface area contributed by atoms with E-state index in [-0.39, 0.29) is 5.69 Å². The van der Waals surface area contributed by atoms with Gasteiger partial charge in [0.1, 0.15) is 5.82 Å². The van der Waals surface area contributed by atoms with Crippen LogP contribution in [0.5, 0.6) is 0 Å².